The van der Waals surface area contributed by atoms with Gasteiger partial charge in [-0.3, -0.25) is 9.67 Å². The van der Waals surface area contributed by atoms with Crippen LogP contribution in [0, 0.1) is 0 Å². The molecule has 9 heteroatoms. The molecule has 3 rings (SSSR count). The maximum Gasteiger partial charge on any atom is 0.193 e. The standard InChI is InChI=1S/C17H24N8S/c1-18-17(24(2)9-6-13-5-4-10-26-13)20-8-7-19-15-14-11-23-25(3)16(14)22-12-21-15/h4-5,10-12H,6-9H2,1-3H3,(H,18,20)(H,19,21,22). The maximum atomic E-state index is 4.35. The number of guanidine groups is 1. The maximum absolute atomic E-state index is 4.35. The Bertz CT molecular complexity index is 855. The van der Waals surface area contributed by atoms with E-state index in [0.29, 0.717) is 0 Å². The first-order valence-electron chi connectivity index (χ1n) is 8.50. The summed E-state index contributed by atoms with van der Waals surface area (Å²) < 4.78 is 1.74. The Morgan fingerprint density at radius 2 is 2.23 bits per heavy atom. The summed E-state index contributed by atoms with van der Waals surface area (Å²) in [5.74, 6) is 1.68. The van der Waals surface area contributed by atoms with Crippen molar-refractivity contribution in [3.8, 4) is 0 Å². The highest BCUT2D eigenvalue weighted by molar-refractivity contribution is 7.09. The highest BCUT2D eigenvalue weighted by Crippen LogP contribution is 2.17. The van der Waals surface area contributed by atoms with E-state index in [1.165, 1.54) is 4.88 Å². The molecule has 138 valence electrons. The van der Waals surface area contributed by atoms with E-state index in [2.05, 4.69) is 60.2 Å². The third kappa shape index (κ3) is 4.29. The van der Waals surface area contributed by atoms with Gasteiger partial charge >= 0.3 is 0 Å². The van der Waals surface area contributed by atoms with E-state index in [9.17, 15) is 0 Å². The number of likely N-dealkylation sites (N-methyl/N-ethyl adjacent to an activating group) is 1. The molecular weight excluding hydrogens is 348 g/mol. The van der Waals surface area contributed by atoms with Crippen molar-refractivity contribution in [3.05, 3.63) is 34.9 Å². The Morgan fingerprint density at radius 3 is 3.00 bits per heavy atom. The lowest BCUT2D eigenvalue weighted by molar-refractivity contribution is 0.488. The molecule has 26 heavy (non-hydrogen) atoms. The lowest BCUT2D eigenvalue weighted by atomic mass is 10.3. The van der Waals surface area contributed by atoms with Crippen molar-refractivity contribution in [3.63, 3.8) is 0 Å². The molecule has 0 aliphatic heterocycles. The van der Waals surface area contributed by atoms with Gasteiger partial charge in [0.1, 0.15) is 12.1 Å². The van der Waals surface area contributed by atoms with Crippen molar-refractivity contribution >= 4 is 34.1 Å². The topological polar surface area (TPSA) is 83.3 Å². The van der Waals surface area contributed by atoms with Gasteiger partial charge in [0.2, 0.25) is 0 Å². The summed E-state index contributed by atoms with van der Waals surface area (Å²) in [6.45, 7) is 2.39. The molecule has 8 nitrogen and oxygen atoms in total. The lowest BCUT2D eigenvalue weighted by Gasteiger charge is -2.22. The van der Waals surface area contributed by atoms with Crippen LogP contribution in [0.4, 0.5) is 5.82 Å². The zero-order valence-electron chi connectivity index (χ0n) is 15.3. The number of anilines is 1. The monoisotopic (exact) mass is 372 g/mol. The van der Waals surface area contributed by atoms with Crippen LogP contribution in [0.25, 0.3) is 11.0 Å². The van der Waals surface area contributed by atoms with Gasteiger partial charge in [0, 0.05) is 45.7 Å². The van der Waals surface area contributed by atoms with E-state index in [1.54, 1.807) is 35.6 Å². The molecule has 0 aromatic carbocycles. The van der Waals surface area contributed by atoms with Crippen molar-refractivity contribution in [1.29, 1.82) is 0 Å². The zero-order valence-corrected chi connectivity index (χ0v) is 16.1. The molecular formula is C17H24N8S. The normalized spacial score (nSPS) is 11.7. The van der Waals surface area contributed by atoms with E-state index >= 15 is 0 Å². The summed E-state index contributed by atoms with van der Waals surface area (Å²) >= 11 is 1.79. The molecule has 3 aromatic heterocycles. The van der Waals surface area contributed by atoms with Gasteiger partial charge in [-0.1, -0.05) is 6.07 Å². The fourth-order valence-corrected chi connectivity index (χ4v) is 3.38. The Labute approximate surface area is 157 Å². The van der Waals surface area contributed by atoms with Crippen LogP contribution in [0.2, 0.25) is 0 Å². The summed E-state index contributed by atoms with van der Waals surface area (Å²) in [6.07, 6.45) is 4.35. The molecule has 0 atom stereocenters. The molecule has 0 fully saturated rings. The van der Waals surface area contributed by atoms with E-state index in [-0.39, 0.29) is 0 Å². The number of aliphatic imine (C=N–C) groups is 1. The Balaban J connectivity index is 1.46. The van der Waals surface area contributed by atoms with Crippen LogP contribution in [0.15, 0.2) is 35.0 Å². The van der Waals surface area contributed by atoms with E-state index in [1.807, 2.05) is 7.05 Å². The van der Waals surface area contributed by atoms with Gasteiger partial charge < -0.3 is 15.5 Å². The molecule has 0 bridgehead atoms. The Hall–Kier alpha value is -2.68. The van der Waals surface area contributed by atoms with Crippen LogP contribution in [0.1, 0.15) is 4.88 Å². The predicted octanol–water partition coefficient (Wildman–Crippen LogP) is 1.59. The third-order valence-electron chi connectivity index (χ3n) is 4.08. The number of thiophene rings is 1. The second-order valence-corrected chi connectivity index (χ2v) is 6.91. The third-order valence-corrected chi connectivity index (χ3v) is 5.01. The number of nitrogens with one attached hydrogen (secondary N) is 2. The molecule has 0 radical (unpaired) electrons. The average molecular weight is 373 g/mol. The molecule has 3 aromatic rings. The lowest BCUT2D eigenvalue weighted by Crippen LogP contribution is -2.41. The molecule has 0 saturated heterocycles. The summed E-state index contributed by atoms with van der Waals surface area (Å²) in [4.78, 5) is 16.4. The van der Waals surface area contributed by atoms with Crippen LogP contribution in [0.3, 0.4) is 0 Å². The van der Waals surface area contributed by atoms with Gasteiger partial charge in [0.05, 0.1) is 11.6 Å². The largest absolute Gasteiger partial charge is 0.368 e. The predicted molar refractivity (Wildman–Crippen MR) is 107 cm³/mol. The molecule has 3 heterocycles. The smallest absolute Gasteiger partial charge is 0.193 e. The van der Waals surface area contributed by atoms with E-state index in [0.717, 1.165) is 48.9 Å². The number of hydrogen-bond donors (Lipinski definition) is 2. The quantitative estimate of drug-likeness (QED) is 0.372. The molecule has 0 aliphatic carbocycles. The van der Waals surface area contributed by atoms with Crippen molar-refractivity contribution < 1.29 is 0 Å². The fraction of sp³-hybridized carbons (Fsp3) is 0.412. The molecule has 2 N–H and O–H groups in total. The highest BCUT2D eigenvalue weighted by Gasteiger charge is 2.08. The van der Waals surface area contributed by atoms with E-state index < -0.39 is 0 Å². The van der Waals surface area contributed by atoms with Crippen LogP contribution < -0.4 is 10.6 Å². The summed E-state index contributed by atoms with van der Waals surface area (Å²) in [6, 6.07) is 4.25. The summed E-state index contributed by atoms with van der Waals surface area (Å²) in [7, 11) is 5.73. The number of fused-ring (bicyclic) bond motifs is 1. The Kier molecular flexibility index (Phi) is 6.00. The zero-order chi connectivity index (χ0) is 18.4. The molecule has 0 spiro atoms. The minimum Gasteiger partial charge on any atom is -0.368 e. The fourth-order valence-electron chi connectivity index (χ4n) is 2.68. The van der Waals surface area contributed by atoms with Gasteiger partial charge in [0.15, 0.2) is 11.6 Å². The molecule has 0 saturated carbocycles. The number of rotatable bonds is 7. The van der Waals surface area contributed by atoms with Gasteiger partial charge in [-0.25, -0.2) is 9.97 Å². The summed E-state index contributed by atoms with van der Waals surface area (Å²) in [5.41, 5.74) is 0.819. The van der Waals surface area contributed by atoms with Crippen molar-refractivity contribution in [2.75, 3.05) is 39.0 Å². The van der Waals surface area contributed by atoms with E-state index in [4.69, 9.17) is 0 Å². The van der Waals surface area contributed by atoms with Gasteiger partial charge in [-0.2, -0.15) is 5.10 Å². The minimum atomic E-state index is 0.721. The van der Waals surface area contributed by atoms with Crippen LogP contribution in [0.5, 0.6) is 0 Å². The number of nitrogens with zero attached hydrogens (tertiary/aromatic N) is 6. The van der Waals surface area contributed by atoms with Crippen LogP contribution >= 0.6 is 11.3 Å². The first-order chi connectivity index (χ1) is 12.7. The average Bonchev–Trinajstić information content (AvgIpc) is 3.30. The van der Waals surface area contributed by atoms with Gasteiger partial charge in [-0.15, -0.1) is 11.3 Å². The number of hydrogen-bond acceptors (Lipinski definition) is 6. The summed E-state index contributed by atoms with van der Waals surface area (Å²) in [5, 5.41) is 14.0. The SMILES string of the molecule is CN=C(NCCNc1ncnc2c1cnn2C)N(C)CCc1cccs1. The molecule has 0 aliphatic rings. The minimum absolute atomic E-state index is 0.721. The van der Waals surface area contributed by atoms with Gasteiger partial charge in [0.25, 0.3) is 0 Å². The first-order valence-corrected chi connectivity index (χ1v) is 9.37. The number of aromatic nitrogens is 4. The second kappa shape index (κ2) is 8.61. The highest BCUT2D eigenvalue weighted by atomic mass is 32.1. The van der Waals surface area contributed by atoms with Gasteiger partial charge in [-0.05, 0) is 17.9 Å². The van der Waals surface area contributed by atoms with Crippen molar-refractivity contribution in [2.45, 2.75) is 6.42 Å². The van der Waals surface area contributed by atoms with Crippen LogP contribution in [-0.4, -0.2) is 64.3 Å². The first kappa shape index (κ1) is 18.1. The van der Waals surface area contributed by atoms with Crippen molar-refractivity contribution in [2.24, 2.45) is 12.0 Å². The Morgan fingerprint density at radius 1 is 1.35 bits per heavy atom. The molecule has 0 unspecified atom stereocenters. The number of aryl methyl sites for hydroxylation is 1. The molecule has 0 amide bonds. The van der Waals surface area contributed by atoms with Crippen molar-refractivity contribution in [1.82, 2.24) is 30.0 Å². The second-order valence-electron chi connectivity index (χ2n) is 5.88. The van der Waals surface area contributed by atoms with Crippen LogP contribution in [-0.2, 0) is 13.5 Å².